The van der Waals surface area contributed by atoms with Gasteiger partial charge in [-0.2, -0.15) is 0 Å². The molecule has 2 saturated heterocycles. The molecule has 0 radical (unpaired) electrons. The van der Waals surface area contributed by atoms with Crippen LogP contribution < -0.4 is 0 Å². The second-order valence-corrected chi connectivity index (χ2v) is 10.8. The Morgan fingerprint density at radius 3 is 2.26 bits per heavy atom. The maximum atomic E-state index is 12.9. The van der Waals surface area contributed by atoms with E-state index >= 15 is 0 Å². The Balaban J connectivity index is 1.27. The lowest BCUT2D eigenvalue weighted by atomic mass is 9.94. The van der Waals surface area contributed by atoms with Crippen LogP contribution >= 0.6 is 0 Å². The zero-order valence-corrected chi connectivity index (χ0v) is 22.2. The van der Waals surface area contributed by atoms with Crippen molar-refractivity contribution >= 4 is 5.91 Å². The predicted octanol–water partition coefficient (Wildman–Crippen LogP) is 4.40. The van der Waals surface area contributed by atoms with E-state index in [1.807, 2.05) is 38.1 Å². The van der Waals surface area contributed by atoms with Crippen LogP contribution in [0.4, 0.5) is 0 Å². The Morgan fingerprint density at radius 1 is 0.921 bits per heavy atom. The van der Waals surface area contributed by atoms with Crippen molar-refractivity contribution in [2.24, 2.45) is 5.92 Å². The average molecular weight is 520 g/mol. The number of amides is 1. The number of aromatic nitrogens is 3. The third-order valence-corrected chi connectivity index (χ3v) is 7.86. The molecule has 2 aromatic carbocycles. The van der Waals surface area contributed by atoms with E-state index in [1.165, 1.54) is 17.1 Å². The van der Waals surface area contributed by atoms with Crippen LogP contribution in [0.1, 0.15) is 63.0 Å². The van der Waals surface area contributed by atoms with E-state index < -0.39 is 0 Å². The van der Waals surface area contributed by atoms with E-state index in [0.29, 0.717) is 22.7 Å². The Morgan fingerprint density at radius 2 is 1.61 bits per heavy atom. The standard InChI is InChI=1S/C29H37N5O4/c1-19(2)23-16-24(26(36)17-25(23)35)27-30-31-29(38)34(27)22-8-6-20(7-9-22)18-32-14-10-21(11-15-32)28(37)33-12-4-3-5-13-33/h6-9,16-17,19,21,35-36H,3-5,10-15,18H2,1-2H3,(H,31,38). The van der Waals surface area contributed by atoms with Gasteiger partial charge in [0.15, 0.2) is 5.82 Å². The smallest absolute Gasteiger partial charge is 0.319 e. The van der Waals surface area contributed by atoms with Crippen molar-refractivity contribution < 1.29 is 20.1 Å². The molecule has 3 heterocycles. The number of phenolic OH excluding ortho intramolecular Hbond substituents is 2. The number of hydrogen-bond donors (Lipinski definition) is 3. The first kappa shape index (κ1) is 26.0. The monoisotopic (exact) mass is 519 g/mol. The highest BCUT2D eigenvalue weighted by molar-refractivity contribution is 5.79. The lowest BCUT2D eigenvalue weighted by molar-refractivity contribution is -0.138. The van der Waals surface area contributed by atoms with E-state index in [0.717, 1.165) is 64.0 Å². The SMILES string of the molecule is CC(C)c1cc(-c2nnc(O)n2-c2ccc(CN3CCC(C(=O)N4CCCCC4)CC3)cc2)c(O)cc1O. The Kier molecular flexibility index (Phi) is 7.56. The molecule has 0 aliphatic carbocycles. The number of nitrogens with zero attached hydrogens (tertiary/aromatic N) is 5. The number of carbonyl (C=O) groups is 1. The fraction of sp³-hybridized carbons (Fsp3) is 0.483. The Bertz CT molecular complexity index is 1270. The van der Waals surface area contributed by atoms with E-state index in [4.69, 9.17) is 0 Å². The van der Waals surface area contributed by atoms with Gasteiger partial charge < -0.3 is 20.2 Å². The number of benzene rings is 2. The lowest BCUT2D eigenvalue weighted by Crippen LogP contribution is -2.44. The molecule has 2 aliphatic heterocycles. The summed E-state index contributed by atoms with van der Waals surface area (Å²) in [5.74, 6) is 0.689. The Labute approximate surface area is 223 Å². The maximum Gasteiger partial charge on any atom is 0.319 e. The number of likely N-dealkylation sites (tertiary alicyclic amines) is 2. The van der Waals surface area contributed by atoms with Crippen LogP contribution in [0.2, 0.25) is 0 Å². The van der Waals surface area contributed by atoms with Gasteiger partial charge in [-0.1, -0.05) is 31.1 Å². The van der Waals surface area contributed by atoms with Gasteiger partial charge in [0.05, 0.1) is 11.3 Å². The van der Waals surface area contributed by atoms with E-state index in [2.05, 4.69) is 20.0 Å². The second-order valence-electron chi connectivity index (χ2n) is 10.8. The summed E-state index contributed by atoms with van der Waals surface area (Å²) in [6.07, 6.45) is 5.30. The van der Waals surface area contributed by atoms with E-state index in [-0.39, 0.29) is 35.2 Å². The van der Waals surface area contributed by atoms with Crippen molar-refractivity contribution in [2.75, 3.05) is 26.2 Å². The minimum absolute atomic E-state index is 0.0146. The first-order chi connectivity index (χ1) is 18.3. The minimum atomic E-state index is -0.285. The molecule has 1 amide bonds. The van der Waals surface area contributed by atoms with Crippen molar-refractivity contribution in [3.63, 3.8) is 0 Å². The summed E-state index contributed by atoms with van der Waals surface area (Å²) >= 11 is 0. The number of phenols is 2. The number of hydrogen-bond acceptors (Lipinski definition) is 7. The van der Waals surface area contributed by atoms with Crippen molar-refractivity contribution in [3.05, 3.63) is 47.5 Å². The summed E-state index contributed by atoms with van der Waals surface area (Å²) in [7, 11) is 0. The summed E-state index contributed by atoms with van der Waals surface area (Å²) in [4.78, 5) is 17.3. The molecule has 0 unspecified atom stereocenters. The van der Waals surface area contributed by atoms with Crippen LogP contribution in [0.25, 0.3) is 17.1 Å². The van der Waals surface area contributed by atoms with Gasteiger partial charge >= 0.3 is 6.01 Å². The molecule has 9 nitrogen and oxygen atoms in total. The molecule has 38 heavy (non-hydrogen) atoms. The van der Waals surface area contributed by atoms with Gasteiger partial charge in [0.2, 0.25) is 5.91 Å². The highest BCUT2D eigenvalue weighted by atomic mass is 16.3. The summed E-state index contributed by atoms with van der Waals surface area (Å²) in [6.45, 7) is 8.34. The second kappa shape index (κ2) is 11.0. The third kappa shape index (κ3) is 5.34. The first-order valence-electron chi connectivity index (χ1n) is 13.6. The van der Waals surface area contributed by atoms with Gasteiger partial charge in [0.1, 0.15) is 11.5 Å². The van der Waals surface area contributed by atoms with Gasteiger partial charge in [0, 0.05) is 31.6 Å². The molecule has 0 atom stereocenters. The van der Waals surface area contributed by atoms with E-state index in [1.54, 1.807) is 6.07 Å². The summed E-state index contributed by atoms with van der Waals surface area (Å²) in [5.41, 5.74) is 2.85. The summed E-state index contributed by atoms with van der Waals surface area (Å²) < 4.78 is 1.48. The van der Waals surface area contributed by atoms with Crippen LogP contribution in [0.3, 0.4) is 0 Å². The summed E-state index contributed by atoms with van der Waals surface area (Å²) in [5, 5.41) is 39.2. The summed E-state index contributed by atoms with van der Waals surface area (Å²) in [6, 6.07) is 10.5. The number of aromatic hydroxyl groups is 3. The Hall–Kier alpha value is -3.59. The largest absolute Gasteiger partial charge is 0.508 e. The van der Waals surface area contributed by atoms with Gasteiger partial charge in [0.25, 0.3) is 0 Å². The van der Waals surface area contributed by atoms with Crippen LogP contribution in [0.15, 0.2) is 36.4 Å². The highest BCUT2D eigenvalue weighted by Gasteiger charge is 2.29. The van der Waals surface area contributed by atoms with Gasteiger partial charge in [-0.3, -0.25) is 9.69 Å². The highest BCUT2D eigenvalue weighted by Crippen LogP contribution is 2.38. The fourth-order valence-corrected chi connectivity index (χ4v) is 5.64. The minimum Gasteiger partial charge on any atom is -0.508 e. The normalized spacial score (nSPS) is 17.3. The average Bonchev–Trinajstić information content (AvgIpc) is 3.30. The van der Waals surface area contributed by atoms with Gasteiger partial charge in [-0.05, 0) is 80.4 Å². The molecular formula is C29H37N5O4. The molecular weight excluding hydrogens is 482 g/mol. The molecule has 202 valence electrons. The van der Waals surface area contributed by atoms with Crippen molar-refractivity contribution in [3.8, 4) is 34.6 Å². The van der Waals surface area contributed by atoms with Crippen molar-refractivity contribution in [2.45, 2.75) is 58.4 Å². The third-order valence-electron chi connectivity index (χ3n) is 7.86. The molecule has 5 rings (SSSR count). The number of rotatable bonds is 6. The zero-order chi connectivity index (χ0) is 26.8. The zero-order valence-electron chi connectivity index (χ0n) is 22.2. The lowest BCUT2D eigenvalue weighted by Gasteiger charge is -2.35. The number of carbonyl (C=O) groups excluding carboxylic acids is 1. The molecule has 2 aliphatic rings. The molecule has 0 bridgehead atoms. The number of piperidine rings is 2. The quantitative estimate of drug-likeness (QED) is 0.442. The van der Waals surface area contributed by atoms with Crippen LogP contribution in [-0.2, 0) is 11.3 Å². The van der Waals surface area contributed by atoms with Crippen LogP contribution in [-0.4, -0.2) is 72.0 Å². The van der Waals surface area contributed by atoms with Gasteiger partial charge in [-0.15, -0.1) is 5.10 Å². The molecule has 3 N–H and O–H groups in total. The van der Waals surface area contributed by atoms with Crippen LogP contribution in [0, 0.1) is 5.92 Å². The first-order valence-corrected chi connectivity index (χ1v) is 13.6. The molecule has 9 heteroatoms. The van der Waals surface area contributed by atoms with E-state index in [9.17, 15) is 20.1 Å². The molecule has 2 fully saturated rings. The van der Waals surface area contributed by atoms with Gasteiger partial charge in [-0.25, -0.2) is 4.57 Å². The molecule has 1 aromatic heterocycles. The molecule has 0 saturated carbocycles. The van der Waals surface area contributed by atoms with Crippen LogP contribution in [0.5, 0.6) is 17.5 Å². The topological polar surface area (TPSA) is 115 Å². The van der Waals surface area contributed by atoms with Crippen molar-refractivity contribution in [1.29, 1.82) is 0 Å². The molecule has 3 aromatic rings. The van der Waals surface area contributed by atoms with Crippen molar-refractivity contribution in [1.82, 2.24) is 24.6 Å². The molecule has 0 spiro atoms. The fourth-order valence-electron chi connectivity index (χ4n) is 5.64. The maximum absolute atomic E-state index is 12.9. The predicted molar refractivity (Wildman–Crippen MR) is 144 cm³/mol.